The molecule has 0 N–H and O–H groups in total. The Balaban J connectivity index is 1.64. The predicted molar refractivity (Wildman–Crippen MR) is 92.7 cm³/mol. The second-order valence-corrected chi connectivity index (χ2v) is 6.11. The molecule has 0 spiro atoms. The van der Waals surface area contributed by atoms with E-state index in [0.717, 1.165) is 42.3 Å². The third-order valence-corrected chi connectivity index (χ3v) is 4.62. The molecule has 1 aromatic heterocycles. The predicted octanol–water partition coefficient (Wildman–Crippen LogP) is 3.96. The molecule has 1 aliphatic heterocycles. The molecule has 3 nitrogen and oxygen atoms in total. The Labute approximate surface area is 138 Å². The van der Waals surface area contributed by atoms with Gasteiger partial charge in [0, 0.05) is 48.4 Å². The van der Waals surface area contributed by atoms with Crippen LogP contribution >= 0.6 is 27.5 Å². The van der Waals surface area contributed by atoms with Gasteiger partial charge in [0.05, 0.1) is 0 Å². The molecule has 1 aliphatic rings. The summed E-state index contributed by atoms with van der Waals surface area (Å²) in [7, 11) is 0. The second-order valence-electron chi connectivity index (χ2n) is 5.11. The van der Waals surface area contributed by atoms with Crippen LogP contribution in [0.5, 0.6) is 0 Å². The van der Waals surface area contributed by atoms with Crippen LogP contribution in [0.4, 0.5) is 11.5 Å². The fraction of sp³-hybridized carbons (Fsp3) is 0.312. The smallest absolute Gasteiger partial charge is 0.128 e. The zero-order valence-electron chi connectivity index (χ0n) is 11.7. The molecule has 2 aromatic rings. The van der Waals surface area contributed by atoms with Crippen LogP contribution in [0.3, 0.4) is 0 Å². The van der Waals surface area contributed by atoms with Crippen molar-refractivity contribution in [1.82, 2.24) is 4.98 Å². The summed E-state index contributed by atoms with van der Waals surface area (Å²) in [6.45, 7) is 3.94. The van der Waals surface area contributed by atoms with E-state index < -0.39 is 0 Å². The molecule has 21 heavy (non-hydrogen) atoms. The first-order valence-electron chi connectivity index (χ1n) is 7.02. The third kappa shape index (κ3) is 3.50. The second kappa shape index (κ2) is 6.67. The van der Waals surface area contributed by atoms with Crippen LogP contribution in [0.1, 0.15) is 5.56 Å². The molecule has 0 bridgehead atoms. The summed E-state index contributed by atoms with van der Waals surface area (Å²) in [5.74, 6) is 1.06. The van der Waals surface area contributed by atoms with E-state index in [-0.39, 0.29) is 0 Å². The van der Waals surface area contributed by atoms with Crippen LogP contribution in [0.15, 0.2) is 42.6 Å². The van der Waals surface area contributed by atoms with Crippen LogP contribution in [0.25, 0.3) is 0 Å². The molecule has 1 saturated heterocycles. The standard InChI is InChI=1S/C16H17BrClN3/c17-11-13-4-5-16(19-12-13)21-8-6-20(7-9-21)15-3-1-2-14(18)10-15/h1-5,10,12H,6-9,11H2. The highest BCUT2D eigenvalue weighted by Gasteiger charge is 2.18. The van der Waals surface area contributed by atoms with Gasteiger partial charge < -0.3 is 9.80 Å². The molecule has 0 radical (unpaired) electrons. The molecule has 5 heteroatoms. The van der Waals surface area contributed by atoms with E-state index in [9.17, 15) is 0 Å². The number of alkyl halides is 1. The Morgan fingerprint density at radius 1 is 1.05 bits per heavy atom. The lowest BCUT2D eigenvalue weighted by atomic mass is 10.2. The Morgan fingerprint density at radius 2 is 1.81 bits per heavy atom. The first-order valence-corrected chi connectivity index (χ1v) is 8.52. The maximum absolute atomic E-state index is 6.07. The molecule has 3 rings (SSSR count). The van der Waals surface area contributed by atoms with E-state index in [4.69, 9.17) is 11.6 Å². The van der Waals surface area contributed by atoms with Crippen LogP contribution in [0.2, 0.25) is 5.02 Å². The summed E-state index contributed by atoms with van der Waals surface area (Å²) < 4.78 is 0. The quantitative estimate of drug-likeness (QED) is 0.767. The number of aromatic nitrogens is 1. The lowest BCUT2D eigenvalue weighted by Gasteiger charge is -2.36. The Kier molecular flexibility index (Phi) is 4.66. The molecular weight excluding hydrogens is 350 g/mol. The number of hydrogen-bond acceptors (Lipinski definition) is 3. The normalized spacial score (nSPS) is 15.3. The van der Waals surface area contributed by atoms with Crippen molar-refractivity contribution in [2.45, 2.75) is 5.33 Å². The molecule has 110 valence electrons. The molecule has 1 aromatic carbocycles. The lowest BCUT2D eigenvalue weighted by molar-refractivity contribution is 0.647. The largest absolute Gasteiger partial charge is 0.368 e. The van der Waals surface area contributed by atoms with Gasteiger partial charge in [-0.15, -0.1) is 0 Å². The molecule has 0 amide bonds. The summed E-state index contributed by atoms with van der Waals surface area (Å²) in [4.78, 5) is 9.24. The molecule has 1 fully saturated rings. The molecule has 0 unspecified atom stereocenters. The van der Waals surface area contributed by atoms with E-state index >= 15 is 0 Å². The summed E-state index contributed by atoms with van der Waals surface area (Å²) in [6.07, 6.45) is 1.94. The van der Waals surface area contributed by atoms with Crippen molar-refractivity contribution in [1.29, 1.82) is 0 Å². The molecule has 0 saturated carbocycles. The third-order valence-electron chi connectivity index (χ3n) is 3.74. The van der Waals surface area contributed by atoms with Crippen molar-refractivity contribution >= 4 is 39.0 Å². The van der Waals surface area contributed by atoms with Crippen LogP contribution in [0, 0.1) is 0 Å². The van der Waals surface area contributed by atoms with E-state index in [1.807, 2.05) is 24.4 Å². The topological polar surface area (TPSA) is 19.4 Å². The highest BCUT2D eigenvalue weighted by molar-refractivity contribution is 9.08. The minimum atomic E-state index is 0.793. The minimum Gasteiger partial charge on any atom is -0.368 e. The van der Waals surface area contributed by atoms with Gasteiger partial charge in [0.2, 0.25) is 0 Å². The van der Waals surface area contributed by atoms with Gasteiger partial charge in [0.15, 0.2) is 0 Å². The van der Waals surface area contributed by atoms with Crippen molar-refractivity contribution in [3.05, 3.63) is 53.2 Å². The summed E-state index contributed by atoms with van der Waals surface area (Å²) >= 11 is 9.51. The van der Waals surface area contributed by atoms with Crippen molar-refractivity contribution in [2.24, 2.45) is 0 Å². The summed E-state index contributed by atoms with van der Waals surface area (Å²) in [5, 5.41) is 1.64. The first-order chi connectivity index (χ1) is 10.3. The van der Waals surface area contributed by atoms with Gasteiger partial charge in [-0.2, -0.15) is 0 Å². The number of piperazine rings is 1. The fourth-order valence-corrected chi connectivity index (χ4v) is 3.07. The van der Waals surface area contributed by atoms with Crippen molar-refractivity contribution in [3.8, 4) is 0 Å². The zero-order chi connectivity index (χ0) is 14.7. The van der Waals surface area contributed by atoms with E-state index in [1.54, 1.807) is 0 Å². The fourth-order valence-electron chi connectivity index (χ4n) is 2.55. The monoisotopic (exact) mass is 365 g/mol. The van der Waals surface area contributed by atoms with Crippen LogP contribution < -0.4 is 9.80 Å². The maximum atomic E-state index is 6.07. The molecule has 0 aliphatic carbocycles. The highest BCUT2D eigenvalue weighted by atomic mass is 79.9. The Morgan fingerprint density at radius 3 is 2.43 bits per heavy atom. The maximum Gasteiger partial charge on any atom is 0.128 e. The first kappa shape index (κ1) is 14.7. The zero-order valence-corrected chi connectivity index (χ0v) is 14.0. The van der Waals surface area contributed by atoms with Gasteiger partial charge in [-0.25, -0.2) is 4.98 Å². The highest BCUT2D eigenvalue weighted by Crippen LogP contribution is 2.22. The number of anilines is 2. The average molecular weight is 367 g/mol. The van der Waals surface area contributed by atoms with Gasteiger partial charge in [-0.1, -0.05) is 39.7 Å². The van der Waals surface area contributed by atoms with Gasteiger partial charge >= 0.3 is 0 Å². The molecule has 0 atom stereocenters. The number of benzene rings is 1. The number of halogens is 2. The van der Waals surface area contributed by atoms with Crippen molar-refractivity contribution in [3.63, 3.8) is 0 Å². The van der Waals surface area contributed by atoms with Gasteiger partial charge in [-0.05, 0) is 29.8 Å². The Bertz CT molecular complexity index is 595. The van der Waals surface area contributed by atoms with Gasteiger partial charge in [-0.3, -0.25) is 0 Å². The van der Waals surface area contributed by atoms with E-state index in [0.29, 0.717) is 0 Å². The molecular formula is C16H17BrClN3. The van der Waals surface area contributed by atoms with Crippen LogP contribution in [-0.2, 0) is 5.33 Å². The average Bonchev–Trinajstić information content (AvgIpc) is 2.55. The number of pyridine rings is 1. The van der Waals surface area contributed by atoms with Gasteiger partial charge in [0.1, 0.15) is 5.82 Å². The number of hydrogen-bond donors (Lipinski definition) is 0. The lowest BCUT2D eigenvalue weighted by Crippen LogP contribution is -2.46. The van der Waals surface area contributed by atoms with Crippen LogP contribution in [-0.4, -0.2) is 31.2 Å². The molecule has 2 heterocycles. The Hall–Kier alpha value is -1.26. The van der Waals surface area contributed by atoms with E-state index in [1.165, 1.54) is 11.3 Å². The summed E-state index contributed by atoms with van der Waals surface area (Å²) in [5.41, 5.74) is 2.40. The number of nitrogens with zero attached hydrogens (tertiary/aromatic N) is 3. The number of rotatable bonds is 3. The summed E-state index contributed by atoms with van der Waals surface area (Å²) in [6, 6.07) is 12.3. The van der Waals surface area contributed by atoms with Crippen molar-refractivity contribution < 1.29 is 0 Å². The minimum absolute atomic E-state index is 0.793. The van der Waals surface area contributed by atoms with Crippen molar-refractivity contribution in [2.75, 3.05) is 36.0 Å². The van der Waals surface area contributed by atoms with Gasteiger partial charge in [0.25, 0.3) is 0 Å². The SMILES string of the molecule is Clc1cccc(N2CCN(c3ccc(CBr)cn3)CC2)c1. The van der Waals surface area contributed by atoms with E-state index in [2.05, 4.69) is 48.9 Å².